The number of nitrogens with zero attached hydrogens (tertiary/aromatic N) is 1. The Morgan fingerprint density at radius 2 is 2.00 bits per heavy atom. The molecule has 0 radical (unpaired) electrons. The van der Waals surface area contributed by atoms with Gasteiger partial charge >= 0.3 is 0 Å². The van der Waals surface area contributed by atoms with Gasteiger partial charge in [0.2, 0.25) is 0 Å². The highest BCUT2D eigenvalue weighted by molar-refractivity contribution is 9.10. The number of carbonyl (C=O) groups is 1. The van der Waals surface area contributed by atoms with E-state index in [1.807, 2.05) is 54.6 Å². The van der Waals surface area contributed by atoms with E-state index in [-0.39, 0.29) is 5.91 Å². The van der Waals surface area contributed by atoms with Crippen molar-refractivity contribution >= 4 is 61.9 Å². The van der Waals surface area contributed by atoms with Crippen molar-refractivity contribution in [2.75, 3.05) is 11.5 Å². The highest BCUT2D eigenvalue weighted by Gasteiger charge is 2.33. The lowest BCUT2D eigenvalue weighted by atomic mass is 10.2. The van der Waals surface area contributed by atoms with Crippen LogP contribution in [-0.4, -0.2) is 16.8 Å². The minimum absolute atomic E-state index is 0.116. The van der Waals surface area contributed by atoms with Gasteiger partial charge < -0.3 is 4.74 Å². The van der Waals surface area contributed by atoms with E-state index in [0.29, 0.717) is 15.8 Å². The molecule has 1 aliphatic heterocycles. The number of rotatable bonds is 5. The molecule has 0 spiro atoms. The fourth-order valence-corrected chi connectivity index (χ4v) is 3.84. The average Bonchev–Trinajstić information content (AvgIpc) is 2.88. The minimum atomic E-state index is -0.116. The molecular weight excluding hydrogens is 418 g/mol. The zero-order chi connectivity index (χ0) is 17.8. The van der Waals surface area contributed by atoms with E-state index in [2.05, 4.69) is 22.5 Å². The molecule has 3 nitrogen and oxygen atoms in total. The molecule has 2 aromatic carbocycles. The summed E-state index contributed by atoms with van der Waals surface area (Å²) in [5.41, 5.74) is 1.65. The second kappa shape index (κ2) is 7.99. The van der Waals surface area contributed by atoms with Crippen molar-refractivity contribution < 1.29 is 9.53 Å². The van der Waals surface area contributed by atoms with Crippen LogP contribution in [-0.2, 0) is 4.79 Å². The number of amides is 1. The van der Waals surface area contributed by atoms with Gasteiger partial charge in [-0.15, -0.1) is 0 Å². The first-order valence-corrected chi connectivity index (χ1v) is 9.47. The third-order valence-electron chi connectivity index (χ3n) is 3.40. The fourth-order valence-electron chi connectivity index (χ4n) is 2.28. The molecule has 1 saturated heterocycles. The maximum absolute atomic E-state index is 12.8. The maximum atomic E-state index is 12.8. The van der Waals surface area contributed by atoms with Crippen molar-refractivity contribution in [2.24, 2.45) is 0 Å². The van der Waals surface area contributed by atoms with Crippen LogP contribution >= 0.6 is 39.9 Å². The number of ether oxygens (including phenoxy) is 1. The Hall–Kier alpha value is -1.89. The van der Waals surface area contributed by atoms with E-state index in [9.17, 15) is 4.79 Å². The fraction of sp³-hybridized carbons (Fsp3) is 0.0526. The van der Waals surface area contributed by atoms with Crippen molar-refractivity contribution in [1.82, 2.24) is 0 Å². The van der Waals surface area contributed by atoms with Crippen molar-refractivity contribution in [3.8, 4) is 5.75 Å². The molecule has 126 valence electrons. The smallest absolute Gasteiger partial charge is 0.270 e. The van der Waals surface area contributed by atoms with Crippen LogP contribution in [0.4, 0.5) is 5.69 Å². The first-order valence-electron chi connectivity index (χ1n) is 7.46. The molecule has 1 fully saturated rings. The van der Waals surface area contributed by atoms with Crippen molar-refractivity contribution in [3.05, 3.63) is 76.1 Å². The summed E-state index contributed by atoms with van der Waals surface area (Å²) in [7, 11) is 0. The molecule has 2 aromatic rings. The number of thioether (sulfide) groups is 1. The third kappa shape index (κ3) is 4.21. The van der Waals surface area contributed by atoms with Crippen LogP contribution in [0.3, 0.4) is 0 Å². The van der Waals surface area contributed by atoms with Gasteiger partial charge in [-0.1, -0.05) is 64.7 Å². The predicted octanol–water partition coefficient (Wildman–Crippen LogP) is 5.42. The van der Waals surface area contributed by atoms with Gasteiger partial charge in [0.25, 0.3) is 5.91 Å². The molecule has 0 atom stereocenters. The van der Waals surface area contributed by atoms with E-state index in [0.717, 1.165) is 21.5 Å². The lowest BCUT2D eigenvalue weighted by Crippen LogP contribution is -2.27. The predicted molar refractivity (Wildman–Crippen MR) is 112 cm³/mol. The zero-order valence-corrected chi connectivity index (χ0v) is 16.4. The van der Waals surface area contributed by atoms with E-state index < -0.39 is 0 Å². The quantitative estimate of drug-likeness (QED) is 0.359. The number of hydrogen-bond acceptors (Lipinski definition) is 4. The average molecular weight is 432 g/mol. The zero-order valence-electron chi connectivity index (χ0n) is 13.1. The molecule has 0 aromatic heterocycles. The Morgan fingerprint density at radius 1 is 1.24 bits per heavy atom. The molecular formula is C19H14BrNO2S2. The number of anilines is 1. The molecule has 25 heavy (non-hydrogen) atoms. The Labute approximate surface area is 164 Å². The Morgan fingerprint density at radius 3 is 2.72 bits per heavy atom. The Balaban J connectivity index is 1.85. The van der Waals surface area contributed by atoms with E-state index in [1.54, 1.807) is 11.0 Å². The summed E-state index contributed by atoms with van der Waals surface area (Å²) in [4.78, 5) is 14.9. The SMILES string of the molecule is C=CCOc1cccc(/C=C2/SC(=S)N(c3ccc(Br)cc3)C2=O)c1. The van der Waals surface area contributed by atoms with Gasteiger partial charge in [0, 0.05) is 4.47 Å². The van der Waals surface area contributed by atoms with Crippen LogP contribution in [0.25, 0.3) is 6.08 Å². The standard InChI is InChI=1S/C19H14BrNO2S2/c1-2-10-23-16-5-3-4-13(11-16)12-17-18(22)21(19(24)25-17)15-8-6-14(20)7-9-15/h2-9,11-12H,1,10H2/b17-12+. The summed E-state index contributed by atoms with van der Waals surface area (Å²) in [6.07, 6.45) is 3.52. The molecule has 0 unspecified atom stereocenters. The van der Waals surface area contributed by atoms with Crippen LogP contribution in [0, 0.1) is 0 Å². The van der Waals surface area contributed by atoms with E-state index in [4.69, 9.17) is 17.0 Å². The number of benzene rings is 2. The molecule has 1 amide bonds. The molecule has 0 aliphatic carbocycles. The summed E-state index contributed by atoms with van der Waals surface area (Å²) < 4.78 is 7.01. The van der Waals surface area contributed by atoms with Gasteiger partial charge in [0.15, 0.2) is 4.32 Å². The van der Waals surface area contributed by atoms with Gasteiger partial charge in [-0.05, 0) is 48.0 Å². The highest BCUT2D eigenvalue weighted by atomic mass is 79.9. The Bertz CT molecular complexity index is 862. The van der Waals surface area contributed by atoms with Crippen LogP contribution in [0.15, 0.2) is 70.6 Å². The minimum Gasteiger partial charge on any atom is -0.490 e. The maximum Gasteiger partial charge on any atom is 0.270 e. The monoisotopic (exact) mass is 431 g/mol. The molecule has 3 rings (SSSR count). The molecule has 0 N–H and O–H groups in total. The van der Waals surface area contributed by atoms with Crippen molar-refractivity contribution in [1.29, 1.82) is 0 Å². The normalized spacial score (nSPS) is 15.7. The summed E-state index contributed by atoms with van der Waals surface area (Å²) >= 11 is 10.1. The van der Waals surface area contributed by atoms with Crippen molar-refractivity contribution in [2.45, 2.75) is 0 Å². The third-order valence-corrected chi connectivity index (χ3v) is 5.23. The van der Waals surface area contributed by atoms with Crippen LogP contribution in [0.2, 0.25) is 0 Å². The lowest BCUT2D eigenvalue weighted by Gasteiger charge is -2.14. The second-order valence-electron chi connectivity index (χ2n) is 5.17. The van der Waals surface area contributed by atoms with E-state index >= 15 is 0 Å². The highest BCUT2D eigenvalue weighted by Crippen LogP contribution is 2.36. The van der Waals surface area contributed by atoms with Gasteiger partial charge in [0.1, 0.15) is 12.4 Å². The molecule has 0 saturated carbocycles. The van der Waals surface area contributed by atoms with Gasteiger partial charge in [-0.3, -0.25) is 9.69 Å². The lowest BCUT2D eigenvalue weighted by molar-refractivity contribution is -0.113. The summed E-state index contributed by atoms with van der Waals surface area (Å²) in [6, 6.07) is 15.1. The van der Waals surface area contributed by atoms with Gasteiger partial charge in [-0.2, -0.15) is 0 Å². The number of hydrogen-bond donors (Lipinski definition) is 0. The Kier molecular flexibility index (Phi) is 5.73. The summed E-state index contributed by atoms with van der Waals surface area (Å²) in [5, 5.41) is 0. The van der Waals surface area contributed by atoms with Gasteiger partial charge in [-0.25, -0.2) is 0 Å². The largest absolute Gasteiger partial charge is 0.490 e. The number of carbonyl (C=O) groups excluding carboxylic acids is 1. The van der Waals surface area contributed by atoms with Crippen molar-refractivity contribution in [3.63, 3.8) is 0 Å². The number of halogens is 1. The summed E-state index contributed by atoms with van der Waals surface area (Å²) in [6.45, 7) is 4.07. The molecule has 0 bridgehead atoms. The first-order chi connectivity index (χ1) is 12.1. The molecule has 1 heterocycles. The van der Waals surface area contributed by atoms with Gasteiger partial charge in [0.05, 0.1) is 10.6 Å². The first kappa shape index (κ1) is 17.9. The van der Waals surface area contributed by atoms with Crippen LogP contribution < -0.4 is 9.64 Å². The molecule has 1 aliphatic rings. The topological polar surface area (TPSA) is 29.5 Å². The molecule has 6 heteroatoms. The van der Waals surface area contributed by atoms with Crippen LogP contribution in [0.5, 0.6) is 5.75 Å². The van der Waals surface area contributed by atoms with Crippen LogP contribution in [0.1, 0.15) is 5.56 Å². The van der Waals surface area contributed by atoms with E-state index in [1.165, 1.54) is 11.8 Å². The number of thiocarbonyl (C=S) groups is 1. The summed E-state index contributed by atoms with van der Waals surface area (Å²) in [5.74, 6) is 0.617. The second-order valence-corrected chi connectivity index (χ2v) is 7.76.